The Labute approximate surface area is 151 Å². The third kappa shape index (κ3) is 4.27. The number of carbonyl (C=O) groups is 3. The topological polar surface area (TPSA) is 81.7 Å². The van der Waals surface area contributed by atoms with Crippen molar-refractivity contribution in [1.29, 1.82) is 0 Å². The van der Waals surface area contributed by atoms with Crippen LogP contribution in [0, 0.1) is 0 Å². The molecule has 0 fully saturated rings. The third-order valence-electron chi connectivity index (χ3n) is 4.14. The molecule has 1 heterocycles. The van der Waals surface area contributed by atoms with E-state index < -0.39 is 5.97 Å². The van der Waals surface area contributed by atoms with Crippen molar-refractivity contribution in [2.45, 2.75) is 19.3 Å². The van der Waals surface area contributed by atoms with Crippen LogP contribution in [-0.2, 0) is 14.3 Å². The van der Waals surface area contributed by atoms with Crippen molar-refractivity contribution in [1.82, 2.24) is 0 Å². The van der Waals surface area contributed by atoms with Crippen LogP contribution in [0.25, 0.3) is 0 Å². The Balaban J connectivity index is 1.54. The number of anilines is 1. The molecule has 0 saturated carbocycles. The van der Waals surface area contributed by atoms with Crippen LogP contribution in [-0.4, -0.2) is 30.9 Å². The van der Waals surface area contributed by atoms with E-state index in [9.17, 15) is 14.4 Å². The second-order valence-corrected chi connectivity index (χ2v) is 6.15. The van der Waals surface area contributed by atoms with Crippen LogP contribution in [0.3, 0.4) is 0 Å². The van der Waals surface area contributed by atoms with E-state index in [2.05, 4.69) is 5.32 Å². The van der Waals surface area contributed by atoms with Gasteiger partial charge < -0.3 is 14.8 Å². The predicted octanol–water partition coefficient (Wildman–Crippen LogP) is 2.94. The van der Waals surface area contributed by atoms with Gasteiger partial charge in [0.1, 0.15) is 5.75 Å². The van der Waals surface area contributed by atoms with Crippen LogP contribution in [0.2, 0.25) is 0 Å². The number of nitrogens with one attached hydrogen (secondary N) is 1. The fraction of sp³-hybridized carbons (Fsp3) is 0.250. The van der Waals surface area contributed by atoms with Crippen molar-refractivity contribution in [3.8, 4) is 5.75 Å². The minimum absolute atomic E-state index is 0.00917. The van der Waals surface area contributed by atoms with Gasteiger partial charge >= 0.3 is 5.97 Å². The number of carbonyl (C=O) groups excluding carboxylic acids is 3. The van der Waals surface area contributed by atoms with Gasteiger partial charge in [-0.05, 0) is 29.7 Å². The number of Topliss-reactive ketones (excluding diaryl/α,β-unsaturated/α-hetero) is 1. The smallest absolute Gasteiger partial charge is 0.306 e. The number of esters is 1. The first-order chi connectivity index (χ1) is 12.5. The highest BCUT2D eigenvalue weighted by Crippen LogP contribution is 2.28. The molecule has 2 aromatic rings. The Morgan fingerprint density at radius 1 is 1.19 bits per heavy atom. The fourth-order valence-corrected chi connectivity index (χ4v) is 2.69. The van der Waals surface area contributed by atoms with Crippen molar-refractivity contribution in [2.24, 2.45) is 0 Å². The molecule has 1 atom stereocenters. The lowest BCUT2D eigenvalue weighted by Gasteiger charge is -2.18. The zero-order valence-electron chi connectivity index (χ0n) is 14.4. The van der Waals surface area contributed by atoms with Gasteiger partial charge in [0.15, 0.2) is 19.0 Å². The Morgan fingerprint density at radius 2 is 1.96 bits per heavy atom. The van der Waals surface area contributed by atoms with Crippen LogP contribution in [0.5, 0.6) is 5.75 Å². The van der Waals surface area contributed by atoms with E-state index >= 15 is 0 Å². The van der Waals surface area contributed by atoms with Crippen LogP contribution >= 0.6 is 0 Å². The van der Waals surface area contributed by atoms with Gasteiger partial charge in [0.05, 0.1) is 12.1 Å². The first-order valence-corrected chi connectivity index (χ1v) is 8.33. The second-order valence-electron chi connectivity index (χ2n) is 6.15. The SMILES string of the molecule is C[C@@H](CC(=O)OCC(=O)c1ccc2c(c1)NC(=O)CO2)c1ccccc1. The largest absolute Gasteiger partial charge is 0.482 e. The van der Waals surface area contributed by atoms with Gasteiger partial charge in [0.25, 0.3) is 5.91 Å². The van der Waals surface area contributed by atoms with E-state index in [1.165, 1.54) is 6.07 Å². The normalized spacial score (nSPS) is 13.8. The van der Waals surface area contributed by atoms with E-state index in [-0.39, 0.29) is 37.2 Å². The maximum Gasteiger partial charge on any atom is 0.306 e. The van der Waals surface area contributed by atoms with E-state index in [1.54, 1.807) is 12.1 Å². The molecule has 1 aliphatic rings. The molecule has 6 heteroatoms. The van der Waals surface area contributed by atoms with E-state index in [0.717, 1.165) is 5.56 Å². The summed E-state index contributed by atoms with van der Waals surface area (Å²) < 4.78 is 10.4. The summed E-state index contributed by atoms with van der Waals surface area (Å²) in [5, 5.41) is 2.64. The molecule has 26 heavy (non-hydrogen) atoms. The summed E-state index contributed by atoms with van der Waals surface area (Å²) in [6.45, 7) is 1.55. The highest BCUT2D eigenvalue weighted by molar-refractivity contribution is 6.01. The van der Waals surface area contributed by atoms with Crippen molar-refractivity contribution >= 4 is 23.3 Å². The lowest BCUT2D eigenvalue weighted by atomic mass is 9.98. The first-order valence-electron chi connectivity index (χ1n) is 8.33. The van der Waals surface area contributed by atoms with E-state index in [1.807, 2.05) is 37.3 Å². The highest BCUT2D eigenvalue weighted by Gasteiger charge is 2.19. The van der Waals surface area contributed by atoms with Crippen molar-refractivity contribution in [3.05, 3.63) is 59.7 Å². The molecule has 0 bridgehead atoms. The molecule has 134 valence electrons. The van der Waals surface area contributed by atoms with Crippen LogP contribution in [0.15, 0.2) is 48.5 Å². The van der Waals surface area contributed by atoms with Gasteiger partial charge in [0, 0.05) is 5.56 Å². The number of ether oxygens (including phenoxy) is 2. The van der Waals surface area contributed by atoms with Gasteiger partial charge in [-0.2, -0.15) is 0 Å². The van der Waals surface area contributed by atoms with Crippen LogP contribution < -0.4 is 10.1 Å². The standard InChI is InChI=1S/C20H19NO5/c1-13(14-5-3-2-4-6-14)9-20(24)26-11-17(22)15-7-8-18-16(10-15)21-19(23)12-25-18/h2-8,10,13H,9,11-12H2,1H3,(H,21,23)/t13-/m0/s1. The maximum absolute atomic E-state index is 12.2. The molecular weight excluding hydrogens is 334 g/mol. The lowest BCUT2D eigenvalue weighted by molar-refractivity contribution is -0.142. The molecule has 0 unspecified atom stereocenters. The molecular formula is C20H19NO5. The maximum atomic E-state index is 12.2. The van der Waals surface area contributed by atoms with Crippen LogP contribution in [0.4, 0.5) is 5.69 Å². The molecule has 6 nitrogen and oxygen atoms in total. The van der Waals surface area contributed by atoms with E-state index in [0.29, 0.717) is 17.0 Å². The fourth-order valence-electron chi connectivity index (χ4n) is 2.69. The molecule has 0 saturated heterocycles. The molecule has 1 amide bonds. The summed E-state index contributed by atoms with van der Waals surface area (Å²) >= 11 is 0. The quantitative estimate of drug-likeness (QED) is 0.638. The van der Waals surface area contributed by atoms with Crippen molar-refractivity contribution in [2.75, 3.05) is 18.5 Å². The van der Waals surface area contributed by atoms with Crippen molar-refractivity contribution in [3.63, 3.8) is 0 Å². The zero-order chi connectivity index (χ0) is 18.5. The monoisotopic (exact) mass is 353 g/mol. The summed E-state index contributed by atoms with van der Waals surface area (Å²) in [5.41, 5.74) is 1.83. The zero-order valence-corrected chi connectivity index (χ0v) is 14.4. The van der Waals surface area contributed by atoms with Crippen LogP contribution in [0.1, 0.15) is 35.2 Å². The van der Waals surface area contributed by atoms with Gasteiger partial charge in [-0.25, -0.2) is 0 Å². The number of amides is 1. The average Bonchev–Trinajstić information content (AvgIpc) is 2.66. The number of rotatable bonds is 6. The Kier molecular flexibility index (Phi) is 5.31. The Morgan fingerprint density at radius 3 is 2.73 bits per heavy atom. The number of benzene rings is 2. The molecule has 0 radical (unpaired) electrons. The molecule has 1 aliphatic heterocycles. The molecule has 1 N–H and O–H groups in total. The predicted molar refractivity (Wildman–Crippen MR) is 95.3 cm³/mol. The summed E-state index contributed by atoms with van der Waals surface area (Å²) in [6.07, 6.45) is 0.200. The molecule has 3 rings (SSSR count). The minimum Gasteiger partial charge on any atom is -0.482 e. The van der Waals surface area contributed by atoms with Crippen molar-refractivity contribution < 1.29 is 23.9 Å². The summed E-state index contributed by atoms with van der Waals surface area (Å²) in [5.74, 6) is -0.522. The number of hydrogen-bond donors (Lipinski definition) is 1. The molecule has 0 aromatic heterocycles. The Hall–Kier alpha value is -3.15. The number of fused-ring (bicyclic) bond motifs is 1. The minimum atomic E-state index is -0.427. The second kappa shape index (κ2) is 7.82. The third-order valence-corrected chi connectivity index (χ3v) is 4.14. The lowest BCUT2D eigenvalue weighted by Crippen LogP contribution is -2.25. The molecule has 0 spiro atoms. The highest BCUT2D eigenvalue weighted by atomic mass is 16.5. The summed E-state index contributed by atoms with van der Waals surface area (Å²) in [4.78, 5) is 35.6. The molecule has 2 aromatic carbocycles. The number of ketones is 1. The number of hydrogen-bond acceptors (Lipinski definition) is 5. The Bertz CT molecular complexity index is 831. The average molecular weight is 353 g/mol. The van der Waals surface area contributed by atoms with Gasteiger partial charge in [0.2, 0.25) is 0 Å². The van der Waals surface area contributed by atoms with Gasteiger partial charge in [-0.1, -0.05) is 37.3 Å². The summed E-state index contributed by atoms with van der Waals surface area (Å²) in [7, 11) is 0. The summed E-state index contributed by atoms with van der Waals surface area (Å²) in [6, 6.07) is 14.4. The van der Waals surface area contributed by atoms with E-state index in [4.69, 9.17) is 9.47 Å². The first kappa shape index (κ1) is 17.7. The molecule has 0 aliphatic carbocycles. The van der Waals surface area contributed by atoms with Gasteiger partial charge in [-0.3, -0.25) is 14.4 Å². The van der Waals surface area contributed by atoms with Gasteiger partial charge in [-0.15, -0.1) is 0 Å².